The summed E-state index contributed by atoms with van der Waals surface area (Å²) >= 11 is 6.32. The minimum absolute atomic E-state index is 0.188. The number of hydrogen-bond donors (Lipinski definition) is 0. The van der Waals surface area contributed by atoms with Crippen molar-refractivity contribution in [2.24, 2.45) is 5.41 Å². The van der Waals surface area contributed by atoms with E-state index in [1.807, 2.05) is 11.0 Å². The van der Waals surface area contributed by atoms with Gasteiger partial charge in [0.25, 0.3) is 5.69 Å². The molecule has 1 fully saturated rings. The van der Waals surface area contributed by atoms with E-state index in [9.17, 15) is 24.5 Å². The maximum Gasteiger partial charge on any atom is 0.269 e. The molecule has 4 aromatic rings. The number of carbonyl (C=O) groups is 3. The van der Waals surface area contributed by atoms with Gasteiger partial charge in [0.2, 0.25) is 0 Å². The second-order valence-corrected chi connectivity index (χ2v) is 10.9. The minimum Gasteiger partial charge on any atom is -0.352 e. The maximum atomic E-state index is 14.6. The zero-order chi connectivity index (χ0) is 28.5. The molecule has 4 aromatic carbocycles. The van der Waals surface area contributed by atoms with Gasteiger partial charge in [-0.2, -0.15) is 0 Å². The minimum atomic E-state index is -1.73. The highest BCUT2D eigenvalue weighted by molar-refractivity contribution is 6.32. The number of carbonyl (C=O) groups excluding carboxylic acids is 3. The number of nitro groups is 1. The fourth-order valence-corrected chi connectivity index (χ4v) is 7.11. The monoisotopic (exact) mass is 560 g/mol. The fraction of sp³-hybridized carbons (Fsp3) is 0.121. The lowest BCUT2D eigenvalue weighted by Gasteiger charge is -2.37. The van der Waals surface area contributed by atoms with Crippen LogP contribution in [-0.4, -0.2) is 34.4 Å². The van der Waals surface area contributed by atoms with Gasteiger partial charge in [-0.3, -0.25) is 24.5 Å². The first-order valence-electron chi connectivity index (χ1n) is 13.1. The van der Waals surface area contributed by atoms with E-state index < -0.39 is 39.9 Å². The van der Waals surface area contributed by atoms with Crippen molar-refractivity contribution in [3.8, 4) is 0 Å². The van der Waals surface area contributed by atoms with E-state index in [4.69, 9.17) is 11.6 Å². The first kappa shape index (κ1) is 25.1. The van der Waals surface area contributed by atoms with Crippen LogP contribution in [0.4, 0.5) is 11.4 Å². The average Bonchev–Trinajstić information content (AvgIpc) is 3.43. The van der Waals surface area contributed by atoms with Gasteiger partial charge in [0, 0.05) is 45.5 Å². The number of nitrogens with zero attached hydrogens (tertiary/aromatic N) is 2. The van der Waals surface area contributed by atoms with E-state index >= 15 is 0 Å². The lowest BCUT2D eigenvalue weighted by Crippen LogP contribution is -2.48. The molecule has 3 unspecified atom stereocenters. The molecule has 3 atom stereocenters. The number of Topliss-reactive ketones (excluding diaryl/α,β-unsaturated/α-hetero) is 3. The average molecular weight is 561 g/mol. The van der Waals surface area contributed by atoms with Gasteiger partial charge < -0.3 is 4.90 Å². The molecule has 0 N–H and O–H groups in total. The van der Waals surface area contributed by atoms with E-state index in [1.54, 1.807) is 84.9 Å². The molecule has 2 heterocycles. The summed E-state index contributed by atoms with van der Waals surface area (Å²) in [6.45, 7) is 0. The molecule has 3 aliphatic rings. The molecule has 0 amide bonds. The topological polar surface area (TPSA) is 97.6 Å². The van der Waals surface area contributed by atoms with Crippen LogP contribution in [0.1, 0.15) is 48.1 Å². The van der Waals surface area contributed by atoms with Crippen molar-refractivity contribution in [2.45, 2.75) is 18.0 Å². The zero-order valence-corrected chi connectivity index (χ0v) is 22.2. The third kappa shape index (κ3) is 3.42. The van der Waals surface area contributed by atoms with E-state index in [-0.39, 0.29) is 22.6 Å². The van der Waals surface area contributed by atoms with Crippen molar-refractivity contribution in [1.82, 2.24) is 0 Å². The third-order valence-corrected chi connectivity index (χ3v) is 8.77. The first-order valence-corrected chi connectivity index (χ1v) is 13.5. The van der Waals surface area contributed by atoms with Crippen LogP contribution >= 0.6 is 11.6 Å². The first-order chi connectivity index (χ1) is 19.8. The number of hydrogen-bond acceptors (Lipinski definition) is 6. The van der Waals surface area contributed by atoms with E-state index in [0.717, 1.165) is 5.56 Å². The van der Waals surface area contributed by atoms with Crippen LogP contribution in [0.5, 0.6) is 0 Å². The van der Waals surface area contributed by atoms with E-state index in [2.05, 4.69) is 0 Å². The molecule has 0 aromatic heterocycles. The molecule has 0 saturated carbocycles. The van der Waals surface area contributed by atoms with Gasteiger partial charge in [-0.25, -0.2) is 0 Å². The van der Waals surface area contributed by atoms with Crippen molar-refractivity contribution < 1.29 is 19.3 Å². The molecule has 0 radical (unpaired) electrons. The summed E-state index contributed by atoms with van der Waals surface area (Å²) in [5, 5.41) is 12.3. The van der Waals surface area contributed by atoms with Gasteiger partial charge in [0.1, 0.15) is 11.5 Å². The number of benzene rings is 4. The Bertz CT molecular complexity index is 1800. The second-order valence-electron chi connectivity index (χ2n) is 10.5. The summed E-state index contributed by atoms with van der Waals surface area (Å²) < 4.78 is 0. The summed E-state index contributed by atoms with van der Waals surface area (Å²) in [6, 6.07) is 24.7. The van der Waals surface area contributed by atoms with Crippen LogP contribution in [0, 0.1) is 15.5 Å². The van der Waals surface area contributed by atoms with Crippen LogP contribution in [0.25, 0.3) is 6.08 Å². The Hall–Kier alpha value is -4.88. The van der Waals surface area contributed by atoms with Crippen LogP contribution in [0.2, 0.25) is 5.02 Å². The summed E-state index contributed by atoms with van der Waals surface area (Å²) in [6.07, 6.45) is 3.62. The van der Waals surface area contributed by atoms with E-state index in [0.29, 0.717) is 21.8 Å². The molecular weight excluding hydrogens is 540 g/mol. The number of ketones is 3. The summed E-state index contributed by atoms with van der Waals surface area (Å²) in [7, 11) is 0. The number of fused-ring (bicyclic) bond motifs is 5. The van der Waals surface area contributed by atoms with Gasteiger partial charge >= 0.3 is 0 Å². The summed E-state index contributed by atoms with van der Waals surface area (Å²) in [5.74, 6) is -2.11. The largest absolute Gasteiger partial charge is 0.352 e. The molecule has 1 aliphatic carbocycles. The number of non-ortho nitro benzene ring substituents is 1. The van der Waals surface area contributed by atoms with Crippen LogP contribution in [-0.2, 0) is 0 Å². The molecule has 1 saturated heterocycles. The lowest BCUT2D eigenvalue weighted by atomic mass is 9.64. The Balaban J connectivity index is 1.57. The number of halogens is 1. The molecule has 0 bridgehead atoms. The number of rotatable bonds is 4. The van der Waals surface area contributed by atoms with Gasteiger partial charge in [-0.05, 0) is 29.3 Å². The Kier molecular flexibility index (Phi) is 5.56. The highest BCUT2D eigenvalue weighted by Gasteiger charge is 2.71. The highest BCUT2D eigenvalue weighted by Crippen LogP contribution is 2.61. The van der Waals surface area contributed by atoms with Crippen molar-refractivity contribution in [1.29, 1.82) is 0 Å². The zero-order valence-electron chi connectivity index (χ0n) is 21.4. The Morgan fingerprint density at radius 1 is 0.854 bits per heavy atom. The smallest absolute Gasteiger partial charge is 0.269 e. The Labute approximate surface area is 239 Å². The Morgan fingerprint density at radius 2 is 1.54 bits per heavy atom. The normalized spacial score (nSPS) is 21.5. The SMILES string of the molecule is O=C(c1ccccc1)C1C(c2cccc([N+](=O)[O-])c2)C2(C(=O)c3ccccc3C2=O)C2C=Cc3cc(Cl)ccc3N12. The van der Waals surface area contributed by atoms with Crippen LogP contribution < -0.4 is 4.90 Å². The number of anilines is 1. The van der Waals surface area contributed by atoms with Gasteiger partial charge in [-0.15, -0.1) is 0 Å². The van der Waals surface area contributed by atoms with Gasteiger partial charge in [-0.1, -0.05) is 90.5 Å². The molecule has 8 heteroatoms. The molecule has 7 rings (SSSR count). The second kappa shape index (κ2) is 9.08. The molecular formula is C33H21ClN2O5. The predicted octanol–water partition coefficient (Wildman–Crippen LogP) is 6.56. The van der Waals surface area contributed by atoms with Crippen molar-refractivity contribution in [2.75, 3.05) is 4.90 Å². The van der Waals surface area contributed by atoms with Crippen LogP contribution in [0.3, 0.4) is 0 Å². The molecule has 7 nitrogen and oxygen atoms in total. The van der Waals surface area contributed by atoms with Gasteiger partial charge in [0.15, 0.2) is 17.3 Å². The number of nitro benzene ring substituents is 1. The molecule has 1 spiro atoms. The van der Waals surface area contributed by atoms with Crippen molar-refractivity contribution >= 4 is 46.4 Å². The molecule has 2 aliphatic heterocycles. The maximum absolute atomic E-state index is 14.6. The summed E-state index contributed by atoms with van der Waals surface area (Å²) in [4.78, 5) is 57.0. The predicted molar refractivity (Wildman–Crippen MR) is 155 cm³/mol. The van der Waals surface area contributed by atoms with Crippen LogP contribution in [0.15, 0.2) is 103 Å². The van der Waals surface area contributed by atoms with Gasteiger partial charge in [0.05, 0.1) is 11.0 Å². The third-order valence-electron chi connectivity index (χ3n) is 8.53. The standard InChI is InChI=1S/C33H21ClN2O5/c34-22-14-15-26-20(17-22)13-16-27-33(31(38)24-11-4-5-12-25(24)32(33)39)28(21-9-6-10-23(18-21)36(40)41)29(35(26)27)30(37)19-7-2-1-3-8-19/h1-18,27-29H. The fourth-order valence-electron chi connectivity index (χ4n) is 6.93. The van der Waals surface area contributed by atoms with Crippen molar-refractivity contribution in [3.63, 3.8) is 0 Å². The molecule has 41 heavy (non-hydrogen) atoms. The quantitative estimate of drug-likeness (QED) is 0.121. The van der Waals surface area contributed by atoms with E-state index in [1.165, 1.54) is 18.2 Å². The lowest BCUT2D eigenvalue weighted by molar-refractivity contribution is -0.384. The van der Waals surface area contributed by atoms with Crippen molar-refractivity contribution in [3.05, 3.63) is 146 Å². The summed E-state index contributed by atoms with van der Waals surface area (Å²) in [5.41, 5.74) is 0.830. The Morgan fingerprint density at radius 3 is 2.22 bits per heavy atom. The molecule has 200 valence electrons. The highest BCUT2D eigenvalue weighted by atomic mass is 35.5.